The van der Waals surface area contributed by atoms with Gasteiger partial charge in [0.15, 0.2) is 0 Å². The number of aromatic nitrogens is 4. The van der Waals surface area contributed by atoms with Gasteiger partial charge in [-0.2, -0.15) is 0 Å². The lowest BCUT2D eigenvalue weighted by Gasteiger charge is -2.14. The average Bonchev–Trinajstić information content (AvgIpc) is 2.67. The van der Waals surface area contributed by atoms with Crippen molar-refractivity contribution in [2.75, 3.05) is 0 Å². The smallest absolute Gasteiger partial charge is 0.255 e. The minimum absolute atomic E-state index is 0.122. The first-order valence-electron chi connectivity index (χ1n) is 5.72. The van der Waals surface area contributed by atoms with Crippen LogP contribution in [0, 0.1) is 0 Å². The van der Waals surface area contributed by atoms with E-state index in [9.17, 15) is 4.79 Å². The molecule has 0 radical (unpaired) electrons. The van der Waals surface area contributed by atoms with Crippen LogP contribution in [0.1, 0.15) is 31.4 Å². The molecule has 0 aromatic carbocycles. The third-order valence-corrected chi connectivity index (χ3v) is 2.94. The molecule has 0 atom stereocenters. The van der Waals surface area contributed by atoms with Gasteiger partial charge in [0, 0.05) is 31.4 Å². The van der Waals surface area contributed by atoms with E-state index in [0.717, 1.165) is 5.82 Å². The summed E-state index contributed by atoms with van der Waals surface area (Å²) >= 11 is 5.83. The van der Waals surface area contributed by atoms with E-state index in [1.807, 2.05) is 31.7 Å². The molecule has 0 aliphatic rings. The van der Waals surface area contributed by atoms with Crippen molar-refractivity contribution in [2.24, 2.45) is 7.05 Å². The SMILES string of the molecule is CC(C)c1nc(Cl)cc(=O)n1Cc1nccn1C. The zero-order valence-electron chi connectivity index (χ0n) is 10.6. The fourth-order valence-corrected chi connectivity index (χ4v) is 1.96. The summed E-state index contributed by atoms with van der Waals surface area (Å²) in [6, 6.07) is 1.33. The van der Waals surface area contributed by atoms with Crippen LogP contribution in [-0.2, 0) is 13.6 Å². The first-order valence-corrected chi connectivity index (χ1v) is 6.10. The van der Waals surface area contributed by atoms with E-state index in [0.29, 0.717) is 12.4 Å². The van der Waals surface area contributed by atoms with Crippen LogP contribution in [0.4, 0.5) is 0 Å². The molecule has 0 aliphatic carbocycles. The van der Waals surface area contributed by atoms with Crippen LogP contribution < -0.4 is 5.56 Å². The Balaban J connectivity index is 2.50. The average molecular weight is 267 g/mol. The summed E-state index contributed by atoms with van der Waals surface area (Å²) in [5, 5.41) is 0.236. The molecule has 0 aliphatic heterocycles. The lowest BCUT2D eigenvalue weighted by Crippen LogP contribution is -2.26. The Bertz CT molecular complexity index is 615. The Kier molecular flexibility index (Phi) is 3.52. The van der Waals surface area contributed by atoms with Gasteiger partial charge < -0.3 is 4.57 Å². The highest BCUT2D eigenvalue weighted by atomic mass is 35.5. The van der Waals surface area contributed by atoms with Crippen LogP contribution in [0.2, 0.25) is 5.15 Å². The zero-order chi connectivity index (χ0) is 13.3. The van der Waals surface area contributed by atoms with Crippen LogP contribution in [-0.4, -0.2) is 19.1 Å². The Labute approximate surface area is 110 Å². The second-order valence-electron chi connectivity index (χ2n) is 4.47. The Hall–Kier alpha value is -1.62. The molecule has 2 aromatic rings. The number of hydrogen-bond donors (Lipinski definition) is 0. The molecule has 2 aromatic heterocycles. The molecule has 0 N–H and O–H groups in total. The Morgan fingerprint density at radius 3 is 2.72 bits per heavy atom. The standard InChI is InChI=1S/C12H15ClN4O/c1-8(2)12-15-9(13)6-11(18)17(12)7-10-14-4-5-16(10)3/h4-6,8H,7H2,1-3H3. The molecule has 0 bridgehead atoms. The van der Waals surface area contributed by atoms with Crippen LogP contribution in [0.3, 0.4) is 0 Å². The molecule has 18 heavy (non-hydrogen) atoms. The molecule has 5 nitrogen and oxygen atoms in total. The van der Waals surface area contributed by atoms with Gasteiger partial charge in [-0.25, -0.2) is 9.97 Å². The number of nitrogens with zero attached hydrogens (tertiary/aromatic N) is 4. The molecule has 0 unspecified atom stereocenters. The van der Waals surface area contributed by atoms with E-state index in [4.69, 9.17) is 11.6 Å². The highest BCUT2D eigenvalue weighted by Gasteiger charge is 2.13. The van der Waals surface area contributed by atoms with Gasteiger partial charge in [-0.15, -0.1) is 0 Å². The van der Waals surface area contributed by atoms with E-state index in [1.165, 1.54) is 6.07 Å². The zero-order valence-corrected chi connectivity index (χ0v) is 11.3. The second-order valence-corrected chi connectivity index (χ2v) is 4.86. The van der Waals surface area contributed by atoms with Gasteiger partial charge >= 0.3 is 0 Å². The summed E-state index contributed by atoms with van der Waals surface area (Å²) < 4.78 is 3.49. The van der Waals surface area contributed by atoms with E-state index in [-0.39, 0.29) is 16.6 Å². The number of halogens is 1. The summed E-state index contributed by atoms with van der Waals surface area (Å²) in [5.41, 5.74) is -0.151. The van der Waals surface area contributed by atoms with Gasteiger partial charge in [-0.05, 0) is 0 Å². The summed E-state index contributed by atoms with van der Waals surface area (Å²) in [6.07, 6.45) is 3.55. The normalized spacial score (nSPS) is 11.2. The summed E-state index contributed by atoms with van der Waals surface area (Å²) in [5.74, 6) is 1.61. The maximum absolute atomic E-state index is 12.0. The van der Waals surface area contributed by atoms with Crippen molar-refractivity contribution >= 4 is 11.6 Å². The molecule has 6 heteroatoms. The first-order chi connectivity index (χ1) is 8.49. The van der Waals surface area contributed by atoms with Crippen molar-refractivity contribution in [2.45, 2.75) is 26.3 Å². The molecule has 2 heterocycles. The second kappa shape index (κ2) is 4.94. The molecule has 0 spiro atoms. The molecule has 0 saturated heterocycles. The lowest BCUT2D eigenvalue weighted by atomic mass is 10.2. The summed E-state index contributed by atoms with van der Waals surface area (Å²) in [6.45, 7) is 4.36. The van der Waals surface area contributed by atoms with Gasteiger partial charge in [0.05, 0.1) is 6.54 Å². The van der Waals surface area contributed by atoms with Crippen LogP contribution in [0.25, 0.3) is 0 Å². The van der Waals surface area contributed by atoms with E-state index < -0.39 is 0 Å². The first kappa shape index (κ1) is 12.8. The Morgan fingerprint density at radius 1 is 1.44 bits per heavy atom. The summed E-state index contributed by atoms with van der Waals surface area (Å²) in [7, 11) is 1.89. The fourth-order valence-electron chi connectivity index (χ4n) is 1.78. The fraction of sp³-hybridized carbons (Fsp3) is 0.417. The van der Waals surface area contributed by atoms with Crippen molar-refractivity contribution < 1.29 is 0 Å². The van der Waals surface area contributed by atoms with Crippen LogP contribution >= 0.6 is 11.6 Å². The van der Waals surface area contributed by atoms with Crippen molar-refractivity contribution in [1.29, 1.82) is 0 Å². The number of aryl methyl sites for hydroxylation is 1. The van der Waals surface area contributed by atoms with E-state index >= 15 is 0 Å². The van der Waals surface area contributed by atoms with Crippen molar-refractivity contribution in [1.82, 2.24) is 19.1 Å². The number of hydrogen-bond acceptors (Lipinski definition) is 3. The quantitative estimate of drug-likeness (QED) is 0.796. The van der Waals surface area contributed by atoms with E-state index in [2.05, 4.69) is 9.97 Å². The highest BCUT2D eigenvalue weighted by molar-refractivity contribution is 6.29. The maximum Gasteiger partial charge on any atom is 0.255 e. The largest absolute Gasteiger partial charge is 0.337 e. The molecule has 0 fully saturated rings. The van der Waals surface area contributed by atoms with Crippen molar-refractivity contribution in [3.63, 3.8) is 0 Å². The van der Waals surface area contributed by atoms with E-state index in [1.54, 1.807) is 10.8 Å². The van der Waals surface area contributed by atoms with Gasteiger partial charge in [0.25, 0.3) is 5.56 Å². The lowest BCUT2D eigenvalue weighted by molar-refractivity contribution is 0.595. The van der Waals surface area contributed by atoms with Gasteiger partial charge in [-0.1, -0.05) is 25.4 Å². The van der Waals surface area contributed by atoms with Crippen LogP contribution in [0.15, 0.2) is 23.3 Å². The molecule has 0 saturated carbocycles. The monoisotopic (exact) mass is 266 g/mol. The van der Waals surface area contributed by atoms with Crippen molar-refractivity contribution in [3.8, 4) is 0 Å². The molecule has 96 valence electrons. The molecule has 0 amide bonds. The summed E-state index contributed by atoms with van der Waals surface area (Å²) in [4.78, 5) is 20.5. The number of imidazole rings is 1. The highest BCUT2D eigenvalue weighted by Crippen LogP contribution is 2.13. The maximum atomic E-state index is 12.0. The predicted molar refractivity (Wildman–Crippen MR) is 69.9 cm³/mol. The molecule has 2 rings (SSSR count). The Morgan fingerprint density at radius 2 is 2.17 bits per heavy atom. The van der Waals surface area contributed by atoms with Gasteiger partial charge in [-0.3, -0.25) is 9.36 Å². The number of rotatable bonds is 3. The van der Waals surface area contributed by atoms with Gasteiger partial charge in [0.1, 0.15) is 16.8 Å². The minimum Gasteiger partial charge on any atom is -0.337 e. The minimum atomic E-state index is -0.151. The van der Waals surface area contributed by atoms with Gasteiger partial charge in [0.2, 0.25) is 0 Å². The topological polar surface area (TPSA) is 52.7 Å². The molecular weight excluding hydrogens is 252 g/mol. The van der Waals surface area contributed by atoms with Crippen molar-refractivity contribution in [3.05, 3.63) is 45.6 Å². The molecular formula is C12H15ClN4O. The third kappa shape index (κ3) is 2.46. The third-order valence-electron chi connectivity index (χ3n) is 2.74. The predicted octanol–water partition coefficient (Wildman–Crippen LogP) is 1.80. The van der Waals surface area contributed by atoms with Crippen LogP contribution in [0.5, 0.6) is 0 Å².